The van der Waals surface area contributed by atoms with Gasteiger partial charge in [0.1, 0.15) is 0 Å². The van der Waals surface area contributed by atoms with E-state index in [0.717, 1.165) is 57.8 Å². The van der Waals surface area contributed by atoms with Crippen LogP contribution in [0.3, 0.4) is 0 Å². The molecule has 0 aromatic rings. The highest BCUT2D eigenvalue weighted by Crippen LogP contribution is 2.18. The number of rotatable bonds is 69. The molecule has 6 heteroatoms. The molecule has 83 heavy (non-hydrogen) atoms. The standard InChI is InChI=1S/C77H143NO5/c1-3-5-7-9-11-13-15-17-18-19-20-36-39-42-46-49-53-57-61-65-69-75(80)74(73-79)78-76(81)70-66-62-58-54-50-47-43-40-37-34-32-30-28-26-24-22-21-23-25-27-29-31-33-35-38-41-44-48-52-56-60-64-68-72-83-77(82)71-67-63-59-55-51-45-16-14-12-10-8-6-4-2/h8,10,14,16,25,27,31,33,65,69,74-75,79-80H,3-7,9,11-13,15,17-24,26,28-30,32,34-64,66-68,70-73H2,1-2H3,(H,78,81)/b10-8-,16-14-,27-25-,33-31-,69-65+. The van der Waals surface area contributed by atoms with Crippen molar-refractivity contribution in [3.05, 3.63) is 60.8 Å². The molecular weight excluding hydrogens is 1020 g/mol. The fourth-order valence-corrected chi connectivity index (χ4v) is 11.4. The zero-order chi connectivity index (χ0) is 59.9. The van der Waals surface area contributed by atoms with Gasteiger partial charge in [-0.25, -0.2) is 0 Å². The number of aliphatic hydroxyl groups excluding tert-OH is 2. The minimum absolute atomic E-state index is 0.00158. The third kappa shape index (κ3) is 68.5. The number of carbonyl (C=O) groups is 2. The molecule has 0 saturated heterocycles. The maximum Gasteiger partial charge on any atom is 0.305 e. The molecule has 6 nitrogen and oxygen atoms in total. The second-order valence-electron chi connectivity index (χ2n) is 25.3. The number of aliphatic hydroxyl groups is 2. The molecular formula is C77H143NO5. The van der Waals surface area contributed by atoms with Crippen LogP contribution in [0.1, 0.15) is 393 Å². The van der Waals surface area contributed by atoms with Gasteiger partial charge in [0.15, 0.2) is 0 Å². The first-order valence-electron chi connectivity index (χ1n) is 37.1. The third-order valence-corrected chi connectivity index (χ3v) is 17.0. The lowest BCUT2D eigenvalue weighted by Crippen LogP contribution is -2.45. The van der Waals surface area contributed by atoms with Crippen LogP contribution in [-0.2, 0) is 14.3 Å². The summed E-state index contributed by atoms with van der Waals surface area (Å²) in [5.41, 5.74) is 0. The van der Waals surface area contributed by atoms with E-state index in [-0.39, 0.29) is 18.5 Å². The maximum atomic E-state index is 12.5. The fourth-order valence-electron chi connectivity index (χ4n) is 11.4. The molecule has 2 unspecified atom stereocenters. The summed E-state index contributed by atoms with van der Waals surface area (Å²) in [6, 6.07) is -0.628. The van der Waals surface area contributed by atoms with Gasteiger partial charge in [-0.2, -0.15) is 0 Å². The summed E-state index contributed by atoms with van der Waals surface area (Å²) in [6.45, 7) is 4.86. The van der Waals surface area contributed by atoms with E-state index in [1.165, 1.54) is 308 Å². The average molecular weight is 1160 g/mol. The van der Waals surface area contributed by atoms with Gasteiger partial charge in [-0.15, -0.1) is 0 Å². The Kier molecular flexibility index (Phi) is 69.9. The number of ether oxygens (including phenoxy) is 1. The predicted octanol–water partition coefficient (Wildman–Crippen LogP) is 24.2. The number of hydrogen-bond donors (Lipinski definition) is 3. The Bertz CT molecular complexity index is 1430. The fraction of sp³-hybridized carbons (Fsp3) is 0.844. The summed E-state index contributed by atoms with van der Waals surface area (Å²) in [7, 11) is 0. The number of unbranched alkanes of at least 4 members (excludes halogenated alkanes) is 50. The molecule has 1 amide bonds. The van der Waals surface area contributed by atoms with Crippen molar-refractivity contribution in [2.75, 3.05) is 13.2 Å². The Balaban J connectivity index is 3.41. The van der Waals surface area contributed by atoms with Crippen LogP contribution in [0.5, 0.6) is 0 Å². The van der Waals surface area contributed by atoms with E-state index in [0.29, 0.717) is 19.4 Å². The second kappa shape index (κ2) is 72.0. The Morgan fingerprint density at radius 3 is 0.964 bits per heavy atom. The van der Waals surface area contributed by atoms with Crippen molar-refractivity contribution < 1.29 is 24.5 Å². The number of hydrogen-bond acceptors (Lipinski definition) is 5. The molecule has 0 aliphatic heterocycles. The van der Waals surface area contributed by atoms with Crippen LogP contribution < -0.4 is 5.32 Å². The van der Waals surface area contributed by atoms with E-state index in [9.17, 15) is 19.8 Å². The third-order valence-electron chi connectivity index (χ3n) is 17.0. The molecule has 0 aliphatic rings. The van der Waals surface area contributed by atoms with Crippen LogP contribution in [-0.4, -0.2) is 47.4 Å². The van der Waals surface area contributed by atoms with Crippen molar-refractivity contribution in [2.45, 2.75) is 405 Å². The zero-order valence-corrected chi connectivity index (χ0v) is 55.7. The Morgan fingerprint density at radius 1 is 0.337 bits per heavy atom. The lowest BCUT2D eigenvalue weighted by Gasteiger charge is -2.20. The van der Waals surface area contributed by atoms with Crippen molar-refractivity contribution in [1.82, 2.24) is 5.32 Å². The van der Waals surface area contributed by atoms with Gasteiger partial charge in [0, 0.05) is 12.8 Å². The summed E-state index contributed by atoms with van der Waals surface area (Å²) in [5, 5.41) is 23.3. The van der Waals surface area contributed by atoms with Gasteiger partial charge in [0.05, 0.1) is 25.4 Å². The molecule has 486 valence electrons. The predicted molar refractivity (Wildman–Crippen MR) is 365 cm³/mol. The van der Waals surface area contributed by atoms with Gasteiger partial charge in [0.2, 0.25) is 5.91 Å². The molecule has 0 bridgehead atoms. The van der Waals surface area contributed by atoms with Crippen molar-refractivity contribution >= 4 is 11.9 Å². The maximum absolute atomic E-state index is 12.5. The van der Waals surface area contributed by atoms with Crippen molar-refractivity contribution in [2.24, 2.45) is 0 Å². The molecule has 0 radical (unpaired) electrons. The zero-order valence-electron chi connectivity index (χ0n) is 55.7. The molecule has 0 heterocycles. The van der Waals surface area contributed by atoms with E-state index in [4.69, 9.17) is 4.74 Å². The number of carbonyl (C=O) groups excluding carboxylic acids is 2. The minimum Gasteiger partial charge on any atom is -0.466 e. The van der Waals surface area contributed by atoms with Crippen molar-refractivity contribution in [3.8, 4) is 0 Å². The van der Waals surface area contributed by atoms with E-state index in [1.54, 1.807) is 6.08 Å². The summed E-state index contributed by atoms with van der Waals surface area (Å²) < 4.78 is 5.47. The number of nitrogens with one attached hydrogen (secondary N) is 1. The molecule has 0 spiro atoms. The van der Waals surface area contributed by atoms with Crippen LogP contribution in [0.25, 0.3) is 0 Å². The molecule has 0 rings (SSSR count). The van der Waals surface area contributed by atoms with Gasteiger partial charge in [-0.3, -0.25) is 9.59 Å². The average Bonchev–Trinajstić information content (AvgIpc) is 3.49. The second-order valence-corrected chi connectivity index (χ2v) is 25.3. The largest absolute Gasteiger partial charge is 0.466 e. The quantitative estimate of drug-likeness (QED) is 0.0320. The highest BCUT2D eigenvalue weighted by molar-refractivity contribution is 5.76. The van der Waals surface area contributed by atoms with Crippen molar-refractivity contribution in [1.29, 1.82) is 0 Å². The number of allylic oxidation sites excluding steroid dienone is 9. The van der Waals surface area contributed by atoms with E-state index < -0.39 is 12.1 Å². The topological polar surface area (TPSA) is 95.9 Å². The van der Waals surface area contributed by atoms with E-state index in [2.05, 4.69) is 67.8 Å². The van der Waals surface area contributed by atoms with Gasteiger partial charge in [0.25, 0.3) is 0 Å². The summed E-state index contributed by atoms with van der Waals surface area (Å²) in [4.78, 5) is 24.6. The van der Waals surface area contributed by atoms with Gasteiger partial charge < -0.3 is 20.3 Å². The van der Waals surface area contributed by atoms with Gasteiger partial charge >= 0.3 is 5.97 Å². The lowest BCUT2D eigenvalue weighted by atomic mass is 10.0. The van der Waals surface area contributed by atoms with Crippen molar-refractivity contribution in [3.63, 3.8) is 0 Å². The highest BCUT2D eigenvalue weighted by Gasteiger charge is 2.18. The molecule has 0 aliphatic carbocycles. The molecule has 0 aromatic heterocycles. The lowest BCUT2D eigenvalue weighted by molar-refractivity contribution is -0.143. The molecule has 2 atom stereocenters. The Morgan fingerprint density at radius 2 is 0.627 bits per heavy atom. The van der Waals surface area contributed by atoms with Crippen LogP contribution in [0.4, 0.5) is 0 Å². The smallest absolute Gasteiger partial charge is 0.305 e. The summed E-state index contributed by atoms with van der Waals surface area (Å²) in [6.07, 6.45) is 96.0. The first-order chi connectivity index (χ1) is 41.0. The normalized spacial score (nSPS) is 12.9. The first kappa shape index (κ1) is 80.6. The van der Waals surface area contributed by atoms with Crippen LogP contribution in [0, 0.1) is 0 Å². The number of esters is 1. The monoisotopic (exact) mass is 1160 g/mol. The van der Waals surface area contributed by atoms with Crippen LogP contribution >= 0.6 is 0 Å². The number of amides is 1. The molecule has 0 fully saturated rings. The van der Waals surface area contributed by atoms with E-state index in [1.807, 2.05) is 6.08 Å². The molecule has 0 saturated carbocycles. The highest BCUT2D eigenvalue weighted by atomic mass is 16.5. The van der Waals surface area contributed by atoms with Gasteiger partial charge in [-0.05, 0) is 89.9 Å². The SMILES string of the molecule is CCC/C=C\C/C=C\CCCCCCCC(=O)OCCCCCCCCCCC/C=C\C/C=C\CCCCCCCCCCCCCCCCCCCC(=O)NC(CO)C(O)/C=C/CCCCCCCCCCCCCCCCCCCC. The first-order valence-corrected chi connectivity index (χ1v) is 37.1. The minimum atomic E-state index is -0.845. The molecule has 0 aromatic carbocycles. The van der Waals surface area contributed by atoms with Crippen LogP contribution in [0.15, 0.2) is 60.8 Å². The van der Waals surface area contributed by atoms with E-state index >= 15 is 0 Å². The summed E-state index contributed by atoms with van der Waals surface area (Å²) in [5.74, 6) is -0.0646. The van der Waals surface area contributed by atoms with Crippen LogP contribution in [0.2, 0.25) is 0 Å². The Labute approximate surface area is 518 Å². The Hall–Kier alpha value is -2.44. The molecule has 3 N–H and O–H groups in total. The summed E-state index contributed by atoms with van der Waals surface area (Å²) >= 11 is 0. The van der Waals surface area contributed by atoms with Gasteiger partial charge in [-0.1, -0.05) is 351 Å².